The van der Waals surface area contributed by atoms with Gasteiger partial charge in [0.25, 0.3) is 0 Å². The molecule has 0 saturated carbocycles. The van der Waals surface area contributed by atoms with E-state index < -0.39 is 0 Å². The van der Waals surface area contributed by atoms with E-state index in [-0.39, 0.29) is 31.3 Å². The van der Waals surface area contributed by atoms with Crippen molar-refractivity contribution in [1.29, 1.82) is 0 Å². The molecular weight excluding hydrogens is 976 g/mol. The van der Waals surface area contributed by atoms with Crippen molar-refractivity contribution < 1.29 is 21.2 Å². The Balaban J connectivity index is 0.0000193. The second kappa shape index (κ2) is 55.9. The Hall–Kier alpha value is -1.99. The van der Waals surface area contributed by atoms with Crippen molar-refractivity contribution >= 4 is 11.4 Å². The third-order valence-electron chi connectivity index (χ3n) is 16.9. The summed E-state index contributed by atoms with van der Waals surface area (Å²) >= 11 is 0. The van der Waals surface area contributed by atoms with Crippen LogP contribution in [-0.4, -0.2) is 4.70 Å². The normalized spacial score (nSPS) is 12.2. The molecule has 1 heterocycles. The zero-order valence-electron chi connectivity index (χ0n) is 52.4. The SMILES string of the molecule is CCCCCCCCCCCCCCCCCCCCCCCCCCc1cccc(C2=CC(CCCC)=C(c3cccc(CCCCCCCCCCCCCCCCCCCCCCCCCC)c3)[N+]2=[N-])c1.[CH3-].[CH3-].[Ni+2]. The first kappa shape index (κ1) is 75.0. The summed E-state index contributed by atoms with van der Waals surface area (Å²) in [5, 5.41) is 0. The number of nitrogens with zero attached hydrogens (tertiary/aromatic N) is 2. The Morgan fingerprint density at radius 3 is 0.831 bits per heavy atom. The topological polar surface area (TPSA) is 25.3 Å². The molecule has 0 amide bonds. The predicted octanol–water partition coefficient (Wildman–Crippen LogP) is 26.4. The van der Waals surface area contributed by atoms with Gasteiger partial charge in [0.2, 0.25) is 11.4 Å². The summed E-state index contributed by atoms with van der Waals surface area (Å²) in [7, 11) is 0. The minimum absolute atomic E-state index is 0. The van der Waals surface area contributed by atoms with Crippen LogP contribution in [0.1, 0.15) is 370 Å². The maximum atomic E-state index is 11.9. The van der Waals surface area contributed by atoms with Crippen molar-refractivity contribution in [2.24, 2.45) is 0 Å². The van der Waals surface area contributed by atoms with Crippen LogP contribution in [0.25, 0.3) is 16.9 Å². The van der Waals surface area contributed by atoms with Gasteiger partial charge in [-0.2, -0.15) is 0 Å². The molecule has 1 aliphatic rings. The van der Waals surface area contributed by atoms with E-state index in [1.165, 1.54) is 330 Å². The molecule has 446 valence electrons. The number of benzene rings is 2. The summed E-state index contributed by atoms with van der Waals surface area (Å²) in [6.07, 6.45) is 76.5. The van der Waals surface area contributed by atoms with E-state index in [0.717, 1.165) is 54.6 Å². The van der Waals surface area contributed by atoms with Crippen molar-refractivity contribution in [2.75, 3.05) is 0 Å². The second-order valence-corrected chi connectivity index (χ2v) is 24.0. The predicted molar refractivity (Wildman–Crippen MR) is 344 cm³/mol. The van der Waals surface area contributed by atoms with Crippen LogP contribution in [0.3, 0.4) is 0 Å². The number of rotatable bonds is 55. The van der Waals surface area contributed by atoms with Gasteiger partial charge >= 0.3 is 16.5 Å². The van der Waals surface area contributed by atoms with Crippen molar-refractivity contribution in [3.63, 3.8) is 0 Å². The third kappa shape index (κ3) is 40.0. The van der Waals surface area contributed by atoms with E-state index in [4.69, 9.17) is 0 Å². The van der Waals surface area contributed by atoms with Gasteiger partial charge in [-0.25, -0.2) is 4.70 Å². The van der Waals surface area contributed by atoms with Crippen LogP contribution in [0.4, 0.5) is 0 Å². The molecule has 2 aromatic rings. The Labute approximate surface area is 493 Å². The first-order valence-corrected chi connectivity index (χ1v) is 33.8. The molecule has 0 radical (unpaired) electrons. The fourth-order valence-corrected chi connectivity index (χ4v) is 12.0. The molecule has 3 rings (SSSR count). The van der Waals surface area contributed by atoms with Gasteiger partial charge < -0.3 is 20.4 Å². The van der Waals surface area contributed by atoms with E-state index in [1.54, 1.807) is 0 Å². The van der Waals surface area contributed by atoms with Crippen molar-refractivity contribution in [2.45, 2.75) is 361 Å². The molecule has 0 aromatic heterocycles. The maximum absolute atomic E-state index is 11.9. The quantitative estimate of drug-likeness (QED) is 0.0273. The molecule has 0 aliphatic carbocycles. The molecular formula is C74H130N2Ni. The van der Waals surface area contributed by atoms with Crippen LogP contribution in [0.15, 0.2) is 60.2 Å². The Kier molecular flexibility index (Phi) is 54.5. The number of unbranched alkanes of at least 4 members (excludes halogenated alkanes) is 47. The number of allylic oxidation sites excluding steroid dienone is 2. The molecule has 2 aromatic carbocycles. The molecule has 0 unspecified atom stereocenters. The van der Waals surface area contributed by atoms with Gasteiger partial charge in [0.1, 0.15) is 0 Å². The monoisotopic (exact) mass is 1100 g/mol. The van der Waals surface area contributed by atoms with Gasteiger partial charge in [-0.05, 0) is 73.9 Å². The Bertz CT molecular complexity index is 1650. The van der Waals surface area contributed by atoms with Crippen LogP contribution in [0.2, 0.25) is 0 Å². The van der Waals surface area contributed by atoms with Gasteiger partial charge in [0, 0.05) is 22.8 Å². The van der Waals surface area contributed by atoms with Crippen LogP contribution < -0.4 is 0 Å². The first-order valence-electron chi connectivity index (χ1n) is 33.8. The molecule has 0 atom stereocenters. The molecule has 0 fully saturated rings. The molecule has 3 heteroatoms. The Morgan fingerprint density at radius 2 is 0.545 bits per heavy atom. The minimum Gasteiger partial charge on any atom is -0.493 e. The molecule has 0 N–H and O–H groups in total. The average molecular weight is 1110 g/mol. The van der Waals surface area contributed by atoms with E-state index in [9.17, 15) is 5.53 Å². The Morgan fingerprint density at radius 1 is 0.299 bits per heavy atom. The number of aryl methyl sites for hydroxylation is 2. The zero-order chi connectivity index (χ0) is 52.5. The summed E-state index contributed by atoms with van der Waals surface area (Å²) < 4.78 is 1.52. The van der Waals surface area contributed by atoms with Crippen LogP contribution >= 0.6 is 0 Å². The van der Waals surface area contributed by atoms with Gasteiger partial charge in [-0.3, -0.25) is 0 Å². The fourth-order valence-electron chi connectivity index (χ4n) is 12.0. The van der Waals surface area contributed by atoms with Crippen molar-refractivity contribution in [1.82, 2.24) is 0 Å². The molecule has 0 bridgehead atoms. The van der Waals surface area contributed by atoms with Crippen molar-refractivity contribution in [3.05, 3.63) is 103 Å². The first-order chi connectivity index (χ1) is 36.7. The minimum atomic E-state index is 0. The van der Waals surface area contributed by atoms with Gasteiger partial charge in [-0.1, -0.05) is 347 Å². The molecule has 1 aliphatic heterocycles. The largest absolute Gasteiger partial charge is 2.00 e. The summed E-state index contributed by atoms with van der Waals surface area (Å²) in [6, 6.07) is 18.1. The molecule has 0 saturated heterocycles. The summed E-state index contributed by atoms with van der Waals surface area (Å²) in [4.78, 5) is 0. The fraction of sp³-hybridized carbons (Fsp3) is 0.757. The van der Waals surface area contributed by atoms with E-state index in [0.29, 0.717) is 0 Å². The molecule has 0 spiro atoms. The second-order valence-electron chi connectivity index (χ2n) is 24.0. The summed E-state index contributed by atoms with van der Waals surface area (Å²) in [6.45, 7) is 6.89. The van der Waals surface area contributed by atoms with Crippen LogP contribution in [0, 0.1) is 14.9 Å². The summed E-state index contributed by atoms with van der Waals surface area (Å²) in [5.74, 6) is 0. The van der Waals surface area contributed by atoms with Crippen LogP contribution in [0.5, 0.6) is 0 Å². The third-order valence-corrected chi connectivity index (χ3v) is 16.9. The maximum Gasteiger partial charge on any atom is 2.00 e. The van der Waals surface area contributed by atoms with E-state index in [1.807, 2.05) is 0 Å². The zero-order valence-corrected chi connectivity index (χ0v) is 53.4. The number of hydrogen-bond donors (Lipinski definition) is 0. The van der Waals surface area contributed by atoms with Gasteiger partial charge in [-0.15, -0.1) is 0 Å². The average Bonchev–Trinajstić information content (AvgIpc) is 3.75. The molecule has 2 nitrogen and oxygen atoms in total. The van der Waals surface area contributed by atoms with E-state index in [2.05, 4.69) is 75.4 Å². The number of hydrogen-bond acceptors (Lipinski definition) is 0. The van der Waals surface area contributed by atoms with E-state index >= 15 is 0 Å². The summed E-state index contributed by atoms with van der Waals surface area (Å²) in [5.41, 5.74) is 20.1. The van der Waals surface area contributed by atoms with Gasteiger partial charge in [0.05, 0.1) is 0 Å². The van der Waals surface area contributed by atoms with Crippen LogP contribution in [-0.2, 0) is 29.3 Å². The smallest absolute Gasteiger partial charge is 0.493 e. The van der Waals surface area contributed by atoms with Crippen molar-refractivity contribution in [3.8, 4) is 0 Å². The standard InChI is InChI=1S/C72H124N2.2CH3.Ni/c1-4-7-10-12-14-16-18-20-22-24-26-28-30-32-34-36-38-40-42-44-46-48-50-52-56-66-58-54-61-68(63-66)71-65-70(60-9-6-3)72(74(71)73)69-62-55-59-67(64-69)57-53-51-49-47-45-43-41-39-37-35-33-31-29-27-25-23-21-19-17-15-13-11-8-5-2;;;/h54-55,58-59,61-65H,4-53,56-57,60H2,1-3H3;2*1H3;/q;2*-1;+2. The van der Waals surface area contributed by atoms with Gasteiger partial charge in [0.15, 0.2) is 0 Å². The molecule has 77 heavy (non-hydrogen) atoms.